The number of hydrogen-bond donors (Lipinski definition) is 0. The van der Waals surface area contributed by atoms with Gasteiger partial charge in [-0.25, -0.2) is 8.42 Å². The highest BCUT2D eigenvalue weighted by molar-refractivity contribution is 7.89. The second-order valence-electron chi connectivity index (χ2n) is 5.01. The Labute approximate surface area is 136 Å². The number of benzene rings is 1. The van der Waals surface area contributed by atoms with Crippen LogP contribution in [0.1, 0.15) is 11.1 Å². The SMILES string of the molecule is COCCN(Cc1ccsc1)S(=O)(=O)CCc1ccccc1. The molecule has 0 saturated carbocycles. The zero-order valence-corrected chi connectivity index (χ0v) is 14.3. The van der Waals surface area contributed by atoms with Crippen molar-refractivity contribution in [2.75, 3.05) is 26.0 Å². The molecule has 0 spiro atoms. The predicted molar refractivity (Wildman–Crippen MR) is 90.5 cm³/mol. The molecule has 0 fully saturated rings. The van der Waals surface area contributed by atoms with E-state index in [1.165, 1.54) is 4.31 Å². The fourth-order valence-electron chi connectivity index (χ4n) is 2.12. The molecule has 0 atom stereocenters. The number of nitrogens with zero attached hydrogens (tertiary/aromatic N) is 1. The van der Waals surface area contributed by atoms with Crippen molar-refractivity contribution in [1.82, 2.24) is 4.31 Å². The van der Waals surface area contributed by atoms with Gasteiger partial charge in [-0.1, -0.05) is 30.3 Å². The third-order valence-corrected chi connectivity index (χ3v) is 5.92. The zero-order valence-electron chi connectivity index (χ0n) is 12.6. The average molecular weight is 339 g/mol. The third kappa shape index (κ3) is 5.21. The maximum absolute atomic E-state index is 12.6. The van der Waals surface area contributed by atoms with Crippen LogP contribution in [0, 0.1) is 0 Å². The topological polar surface area (TPSA) is 46.6 Å². The highest BCUT2D eigenvalue weighted by Gasteiger charge is 2.22. The van der Waals surface area contributed by atoms with Crippen LogP contribution in [0.2, 0.25) is 0 Å². The van der Waals surface area contributed by atoms with Crippen molar-refractivity contribution in [3.63, 3.8) is 0 Å². The summed E-state index contributed by atoms with van der Waals surface area (Å²) in [5.74, 6) is 0.116. The van der Waals surface area contributed by atoms with Gasteiger partial charge in [-0.3, -0.25) is 0 Å². The van der Waals surface area contributed by atoms with Gasteiger partial charge >= 0.3 is 0 Å². The monoisotopic (exact) mass is 339 g/mol. The number of hydrogen-bond acceptors (Lipinski definition) is 4. The number of ether oxygens (including phenoxy) is 1. The molecule has 2 rings (SSSR count). The number of aryl methyl sites for hydroxylation is 1. The van der Waals surface area contributed by atoms with Crippen LogP contribution in [-0.4, -0.2) is 38.7 Å². The lowest BCUT2D eigenvalue weighted by molar-refractivity contribution is 0.177. The Hall–Kier alpha value is -1.21. The Morgan fingerprint density at radius 3 is 2.55 bits per heavy atom. The van der Waals surface area contributed by atoms with Crippen molar-refractivity contribution >= 4 is 21.4 Å². The van der Waals surface area contributed by atoms with Gasteiger partial charge in [0, 0.05) is 20.2 Å². The molecule has 6 heteroatoms. The Morgan fingerprint density at radius 2 is 1.91 bits per heavy atom. The van der Waals surface area contributed by atoms with Crippen LogP contribution in [0.4, 0.5) is 0 Å². The lowest BCUT2D eigenvalue weighted by Crippen LogP contribution is -2.35. The lowest BCUT2D eigenvalue weighted by atomic mass is 10.2. The van der Waals surface area contributed by atoms with Gasteiger partial charge in [0.1, 0.15) is 0 Å². The second-order valence-corrected chi connectivity index (χ2v) is 7.88. The first-order chi connectivity index (χ1) is 10.6. The number of sulfonamides is 1. The van der Waals surface area contributed by atoms with E-state index in [1.807, 2.05) is 47.2 Å². The van der Waals surface area contributed by atoms with Crippen molar-refractivity contribution in [3.05, 3.63) is 58.3 Å². The zero-order chi connectivity index (χ0) is 15.8. The smallest absolute Gasteiger partial charge is 0.214 e. The van der Waals surface area contributed by atoms with Crippen molar-refractivity contribution in [3.8, 4) is 0 Å². The molecule has 1 aromatic carbocycles. The molecule has 0 saturated heterocycles. The Balaban J connectivity index is 2.03. The first-order valence-electron chi connectivity index (χ1n) is 7.13. The molecule has 1 aromatic heterocycles. The summed E-state index contributed by atoms with van der Waals surface area (Å²) in [6.45, 7) is 1.18. The summed E-state index contributed by atoms with van der Waals surface area (Å²) < 4.78 is 31.8. The molecule has 0 radical (unpaired) electrons. The van der Waals surface area contributed by atoms with Gasteiger partial charge in [0.25, 0.3) is 0 Å². The fourth-order valence-corrected chi connectivity index (χ4v) is 4.23. The van der Waals surface area contributed by atoms with Gasteiger partial charge in [-0.2, -0.15) is 15.6 Å². The van der Waals surface area contributed by atoms with Gasteiger partial charge in [0.15, 0.2) is 0 Å². The molecule has 0 N–H and O–H groups in total. The minimum absolute atomic E-state index is 0.116. The fraction of sp³-hybridized carbons (Fsp3) is 0.375. The minimum Gasteiger partial charge on any atom is -0.383 e. The molecule has 0 amide bonds. The quantitative estimate of drug-likeness (QED) is 0.706. The predicted octanol–water partition coefficient (Wildman–Crippen LogP) is 2.77. The van der Waals surface area contributed by atoms with Crippen molar-refractivity contribution in [2.45, 2.75) is 13.0 Å². The summed E-state index contributed by atoms with van der Waals surface area (Å²) in [5.41, 5.74) is 2.05. The summed E-state index contributed by atoms with van der Waals surface area (Å²) in [7, 11) is -1.73. The van der Waals surface area contributed by atoms with E-state index in [4.69, 9.17) is 4.74 Å². The first-order valence-corrected chi connectivity index (χ1v) is 9.69. The summed E-state index contributed by atoms with van der Waals surface area (Å²) in [5, 5.41) is 3.94. The molecule has 120 valence electrons. The molecule has 2 aromatic rings. The van der Waals surface area contributed by atoms with Crippen LogP contribution in [-0.2, 0) is 27.7 Å². The van der Waals surface area contributed by atoms with E-state index >= 15 is 0 Å². The highest BCUT2D eigenvalue weighted by atomic mass is 32.2. The Bertz CT molecular complexity index is 639. The van der Waals surface area contributed by atoms with Crippen LogP contribution in [0.15, 0.2) is 47.2 Å². The van der Waals surface area contributed by atoms with Gasteiger partial charge in [-0.15, -0.1) is 0 Å². The van der Waals surface area contributed by atoms with Crippen molar-refractivity contribution in [1.29, 1.82) is 0 Å². The Kier molecular flexibility index (Phi) is 6.57. The Morgan fingerprint density at radius 1 is 1.14 bits per heavy atom. The van der Waals surface area contributed by atoms with Crippen molar-refractivity contribution < 1.29 is 13.2 Å². The second kappa shape index (κ2) is 8.43. The molecule has 0 aliphatic carbocycles. The van der Waals surface area contributed by atoms with Crippen molar-refractivity contribution in [2.24, 2.45) is 0 Å². The van der Waals surface area contributed by atoms with E-state index in [9.17, 15) is 8.42 Å². The molecular weight excluding hydrogens is 318 g/mol. The van der Waals surface area contributed by atoms with Crippen LogP contribution in [0.3, 0.4) is 0 Å². The van der Waals surface area contributed by atoms with Gasteiger partial charge in [0.2, 0.25) is 10.0 Å². The maximum atomic E-state index is 12.6. The van der Waals surface area contributed by atoms with Gasteiger partial charge < -0.3 is 4.74 Å². The normalized spacial score (nSPS) is 11.9. The average Bonchev–Trinajstić information content (AvgIpc) is 3.03. The van der Waals surface area contributed by atoms with Crippen LogP contribution in [0.25, 0.3) is 0 Å². The van der Waals surface area contributed by atoms with Gasteiger partial charge in [-0.05, 0) is 34.4 Å². The highest BCUT2D eigenvalue weighted by Crippen LogP contribution is 2.14. The maximum Gasteiger partial charge on any atom is 0.214 e. The third-order valence-electron chi connectivity index (χ3n) is 3.37. The molecular formula is C16H21NO3S2. The molecule has 4 nitrogen and oxygen atoms in total. The van der Waals surface area contributed by atoms with Crippen LogP contribution in [0.5, 0.6) is 0 Å². The van der Waals surface area contributed by atoms with E-state index in [1.54, 1.807) is 18.4 Å². The van der Waals surface area contributed by atoms with E-state index < -0.39 is 10.0 Å². The summed E-state index contributed by atoms with van der Waals surface area (Å²) in [6.07, 6.45) is 0.524. The minimum atomic E-state index is -3.31. The van der Waals surface area contributed by atoms with E-state index in [-0.39, 0.29) is 5.75 Å². The summed E-state index contributed by atoms with van der Waals surface area (Å²) >= 11 is 1.57. The van der Waals surface area contributed by atoms with E-state index in [0.717, 1.165) is 11.1 Å². The number of thiophene rings is 1. The summed E-state index contributed by atoms with van der Waals surface area (Å²) in [4.78, 5) is 0. The molecule has 22 heavy (non-hydrogen) atoms. The van der Waals surface area contributed by atoms with Crippen LogP contribution < -0.4 is 0 Å². The molecule has 0 aliphatic heterocycles. The molecule has 0 unspecified atom stereocenters. The standard InChI is InChI=1S/C16H21NO3S2/c1-20-10-9-17(13-16-7-11-21-14-16)22(18,19)12-8-15-5-3-2-4-6-15/h2-7,11,14H,8-10,12-13H2,1H3. The van der Waals surface area contributed by atoms with E-state index in [0.29, 0.717) is 26.1 Å². The van der Waals surface area contributed by atoms with Crippen LogP contribution >= 0.6 is 11.3 Å². The largest absolute Gasteiger partial charge is 0.383 e. The number of methoxy groups -OCH3 is 1. The molecule has 1 heterocycles. The first kappa shape index (κ1) is 17.1. The molecule has 0 aliphatic rings. The number of rotatable bonds is 9. The molecule has 0 bridgehead atoms. The van der Waals surface area contributed by atoms with Gasteiger partial charge in [0.05, 0.1) is 12.4 Å². The lowest BCUT2D eigenvalue weighted by Gasteiger charge is -2.21. The summed E-state index contributed by atoms with van der Waals surface area (Å²) in [6, 6.07) is 11.6. The van der Waals surface area contributed by atoms with E-state index in [2.05, 4.69) is 0 Å².